The maximum Gasteiger partial charge on any atom is 0.326 e. The summed E-state index contributed by atoms with van der Waals surface area (Å²) in [5.74, 6) is -1.49. The van der Waals surface area contributed by atoms with Crippen LogP contribution in [0, 0.1) is 5.41 Å². The van der Waals surface area contributed by atoms with Gasteiger partial charge in [-0.3, -0.25) is 4.79 Å². The van der Waals surface area contributed by atoms with E-state index < -0.39 is 29.4 Å². The fourth-order valence-electron chi connectivity index (χ4n) is 1.48. The normalized spacial score (nSPS) is 14.9. The van der Waals surface area contributed by atoms with Crippen molar-refractivity contribution in [2.75, 3.05) is 13.7 Å². The quantitative estimate of drug-likeness (QED) is 0.573. The molecular weight excluding hydrogens is 236 g/mol. The van der Waals surface area contributed by atoms with Crippen molar-refractivity contribution in [3.05, 3.63) is 0 Å². The zero-order chi connectivity index (χ0) is 14.3. The van der Waals surface area contributed by atoms with Gasteiger partial charge in [0, 0.05) is 13.7 Å². The molecule has 0 aliphatic rings. The predicted molar refractivity (Wildman–Crippen MR) is 68.1 cm³/mol. The second-order valence-corrected chi connectivity index (χ2v) is 5.39. The number of rotatable bonds is 7. The van der Waals surface area contributed by atoms with Gasteiger partial charge in [-0.25, -0.2) is 4.79 Å². The number of amides is 1. The smallest absolute Gasteiger partial charge is 0.326 e. The Bertz CT molecular complexity index is 286. The third-order valence-electron chi connectivity index (χ3n) is 2.60. The molecule has 0 fully saturated rings. The highest BCUT2D eigenvalue weighted by molar-refractivity contribution is 5.87. The number of carboxylic acid groups (broad SMARTS) is 1. The van der Waals surface area contributed by atoms with E-state index in [1.54, 1.807) is 27.9 Å². The minimum atomic E-state index is -1.06. The van der Waals surface area contributed by atoms with Crippen LogP contribution in [0.3, 0.4) is 0 Å². The molecule has 1 amide bonds. The Morgan fingerprint density at radius 2 is 1.94 bits per heavy atom. The highest BCUT2D eigenvalue weighted by Gasteiger charge is 2.33. The zero-order valence-corrected chi connectivity index (χ0v) is 11.5. The van der Waals surface area contributed by atoms with Gasteiger partial charge in [0.15, 0.2) is 0 Å². The number of nitrogens with two attached hydrogens (primary N) is 1. The van der Waals surface area contributed by atoms with E-state index in [2.05, 4.69) is 5.32 Å². The number of carbonyl (C=O) groups excluding carboxylic acids is 1. The Morgan fingerprint density at radius 1 is 1.39 bits per heavy atom. The van der Waals surface area contributed by atoms with Crippen LogP contribution in [0.5, 0.6) is 0 Å². The molecule has 0 bridgehead atoms. The van der Waals surface area contributed by atoms with Crippen molar-refractivity contribution in [2.45, 2.75) is 45.7 Å². The van der Waals surface area contributed by atoms with Gasteiger partial charge >= 0.3 is 5.97 Å². The minimum absolute atomic E-state index is 0.437. The van der Waals surface area contributed by atoms with Crippen molar-refractivity contribution < 1.29 is 19.4 Å². The molecule has 0 aliphatic heterocycles. The van der Waals surface area contributed by atoms with Crippen LogP contribution in [0.15, 0.2) is 0 Å². The summed E-state index contributed by atoms with van der Waals surface area (Å²) in [4.78, 5) is 22.8. The van der Waals surface area contributed by atoms with Crippen molar-refractivity contribution in [3.63, 3.8) is 0 Å². The van der Waals surface area contributed by atoms with Gasteiger partial charge in [0.1, 0.15) is 6.04 Å². The number of nitrogens with one attached hydrogen (secondary N) is 1. The van der Waals surface area contributed by atoms with Crippen molar-refractivity contribution in [3.8, 4) is 0 Å². The molecule has 0 aliphatic carbocycles. The Labute approximate surface area is 108 Å². The lowest BCUT2D eigenvalue weighted by Crippen LogP contribution is -2.53. The van der Waals surface area contributed by atoms with Crippen LogP contribution in [0.4, 0.5) is 0 Å². The molecule has 4 N–H and O–H groups in total. The van der Waals surface area contributed by atoms with Gasteiger partial charge in [0.05, 0.1) is 6.04 Å². The predicted octanol–water partition coefficient (Wildman–Crippen LogP) is 0.356. The van der Waals surface area contributed by atoms with E-state index in [0.29, 0.717) is 19.4 Å². The molecule has 0 rings (SSSR count). The Hall–Kier alpha value is -1.14. The number of ether oxygens (including phenoxy) is 1. The van der Waals surface area contributed by atoms with E-state index in [1.165, 1.54) is 0 Å². The Morgan fingerprint density at radius 3 is 2.33 bits per heavy atom. The molecule has 0 saturated carbocycles. The first-order chi connectivity index (χ1) is 8.20. The lowest BCUT2D eigenvalue weighted by atomic mass is 9.86. The van der Waals surface area contributed by atoms with E-state index in [0.717, 1.165) is 0 Å². The fourth-order valence-corrected chi connectivity index (χ4v) is 1.48. The monoisotopic (exact) mass is 260 g/mol. The molecule has 6 heteroatoms. The van der Waals surface area contributed by atoms with Gasteiger partial charge < -0.3 is 20.9 Å². The molecule has 0 saturated heterocycles. The molecule has 0 radical (unpaired) electrons. The molecule has 2 atom stereocenters. The first kappa shape index (κ1) is 16.9. The molecule has 0 aromatic carbocycles. The summed E-state index contributed by atoms with van der Waals surface area (Å²) in [6, 6.07) is -1.65. The van der Waals surface area contributed by atoms with Crippen LogP contribution in [-0.2, 0) is 14.3 Å². The van der Waals surface area contributed by atoms with E-state index in [-0.39, 0.29) is 0 Å². The summed E-state index contributed by atoms with van der Waals surface area (Å²) in [5.41, 5.74) is 5.13. The molecule has 0 aromatic heterocycles. The van der Waals surface area contributed by atoms with Crippen molar-refractivity contribution in [2.24, 2.45) is 11.1 Å². The summed E-state index contributed by atoms with van der Waals surface area (Å²) in [7, 11) is 1.58. The molecule has 106 valence electrons. The van der Waals surface area contributed by atoms with Gasteiger partial charge in [-0.1, -0.05) is 20.8 Å². The van der Waals surface area contributed by atoms with Crippen LogP contribution in [-0.4, -0.2) is 42.8 Å². The third kappa shape index (κ3) is 5.97. The van der Waals surface area contributed by atoms with Crippen LogP contribution in [0.2, 0.25) is 0 Å². The second kappa shape index (κ2) is 7.33. The van der Waals surface area contributed by atoms with E-state index in [4.69, 9.17) is 15.6 Å². The largest absolute Gasteiger partial charge is 0.480 e. The maximum absolute atomic E-state index is 11.8. The zero-order valence-electron chi connectivity index (χ0n) is 11.5. The average molecular weight is 260 g/mol. The number of aliphatic carboxylic acids is 1. The lowest BCUT2D eigenvalue weighted by Gasteiger charge is -2.28. The molecule has 6 nitrogen and oxygen atoms in total. The number of hydrogen-bond acceptors (Lipinski definition) is 4. The van der Waals surface area contributed by atoms with Crippen molar-refractivity contribution in [1.29, 1.82) is 0 Å². The standard InChI is InChI=1S/C12H24N2O4/c1-12(2,3)9(11(16)17)14-10(15)8(13)6-5-7-18-4/h8-9H,5-7,13H2,1-4H3,(H,14,15)(H,16,17)/t8?,9-/m0/s1. The van der Waals surface area contributed by atoms with Gasteiger partial charge in [-0.15, -0.1) is 0 Å². The molecule has 0 spiro atoms. The van der Waals surface area contributed by atoms with Crippen LogP contribution < -0.4 is 11.1 Å². The van der Waals surface area contributed by atoms with Gasteiger partial charge in [-0.2, -0.15) is 0 Å². The summed E-state index contributed by atoms with van der Waals surface area (Å²) < 4.78 is 4.86. The SMILES string of the molecule is COCCCC(N)C(=O)N[C@@H](C(=O)O)C(C)(C)C. The van der Waals surface area contributed by atoms with Crippen LogP contribution in [0.1, 0.15) is 33.6 Å². The van der Waals surface area contributed by atoms with Gasteiger partial charge in [0.2, 0.25) is 5.91 Å². The third-order valence-corrected chi connectivity index (χ3v) is 2.60. The van der Waals surface area contributed by atoms with E-state index >= 15 is 0 Å². The van der Waals surface area contributed by atoms with Gasteiger partial charge in [0.25, 0.3) is 0 Å². The van der Waals surface area contributed by atoms with Crippen molar-refractivity contribution in [1.82, 2.24) is 5.32 Å². The number of hydrogen-bond donors (Lipinski definition) is 3. The molecule has 1 unspecified atom stereocenters. The Balaban J connectivity index is 4.38. The van der Waals surface area contributed by atoms with E-state index in [1.807, 2.05) is 0 Å². The first-order valence-corrected chi connectivity index (χ1v) is 5.98. The lowest BCUT2D eigenvalue weighted by molar-refractivity contribution is -0.145. The highest BCUT2D eigenvalue weighted by Crippen LogP contribution is 2.19. The average Bonchev–Trinajstić information content (AvgIpc) is 2.23. The van der Waals surface area contributed by atoms with Crippen molar-refractivity contribution >= 4 is 11.9 Å². The number of carboxylic acids is 1. The summed E-state index contributed by atoms with van der Waals surface area (Å²) >= 11 is 0. The second-order valence-electron chi connectivity index (χ2n) is 5.39. The fraction of sp³-hybridized carbons (Fsp3) is 0.833. The molecule has 0 aromatic rings. The van der Waals surface area contributed by atoms with Gasteiger partial charge in [-0.05, 0) is 18.3 Å². The van der Waals surface area contributed by atoms with E-state index in [9.17, 15) is 9.59 Å². The molecule has 0 heterocycles. The Kier molecular flexibility index (Phi) is 6.86. The first-order valence-electron chi connectivity index (χ1n) is 5.98. The molecule has 18 heavy (non-hydrogen) atoms. The highest BCUT2D eigenvalue weighted by atomic mass is 16.5. The maximum atomic E-state index is 11.8. The van der Waals surface area contributed by atoms with Crippen LogP contribution >= 0.6 is 0 Å². The number of carbonyl (C=O) groups is 2. The topological polar surface area (TPSA) is 102 Å². The minimum Gasteiger partial charge on any atom is -0.480 e. The summed E-state index contributed by atoms with van der Waals surface area (Å²) in [5, 5.41) is 11.6. The summed E-state index contributed by atoms with van der Waals surface area (Å²) in [6.07, 6.45) is 1.13. The summed E-state index contributed by atoms with van der Waals surface area (Å²) in [6.45, 7) is 5.79. The molecular formula is C12H24N2O4. The van der Waals surface area contributed by atoms with Crippen LogP contribution in [0.25, 0.3) is 0 Å². The number of methoxy groups -OCH3 is 1.